The van der Waals surface area contributed by atoms with E-state index in [1.807, 2.05) is 6.92 Å². The molecule has 1 aliphatic carbocycles. The van der Waals surface area contributed by atoms with Gasteiger partial charge >= 0.3 is 0 Å². The fourth-order valence-corrected chi connectivity index (χ4v) is 1.84. The largest absolute Gasteiger partial charge is 0.394 e. The molecule has 3 nitrogen and oxygen atoms in total. The summed E-state index contributed by atoms with van der Waals surface area (Å²) in [6.07, 6.45) is 3.55. The average Bonchev–Trinajstić information content (AvgIpc) is 3.03. The highest BCUT2D eigenvalue weighted by molar-refractivity contribution is 5.00. The molecule has 0 aromatic carbocycles. The van der Waals surface area contributed by atoms with Crippen molar-refractivity contribution in [3.63, 3.8) is 0 Å². The van der Waals surface area contributed by atoms with E-state index < -0.39 is 0 Å². The van der Waals surface area contributed by atoms with Gasteiger partial charge in [-0.2, -0.15) is 0 Å². The van der Waals surface area contributed by atoms with Gasteiger partial charge in [0.05, 0.1) is 18.8 Å². The van der Waals surface area contributed by atoms with Gasteiger partial charge in [0, 0.05) is 6.61 Å². The molecule has 14 heavy (non-hydrogen) atoms. The second kappa shape index (κ2) is 5.69. The van der Waals surface area contributed by atoms with E-state index in [1.54, 1.807) is 0 Å². The molecule has 0 amide bonds. The SMILES string of the molecule is CCCNC(CO)(COCC)C1CC1. The molecule has 0 aromatic heterocycles. The summed E-state index contributed by atoms with van der Waals surface area (Å²) in [5, 5.41) is 13.0. The predicted octanol–water partition coefficient (Wildman–Crippen LogP) is 1.16. The molecule has 1 saturated carbocycles. The quantitative estimate of drug-likeness (QED) is 0.619. The Balaban J connectivity index is 2.45. The lowest BCUT2D eigenvalue weighted by Gasteiger charge is -2.33. The van der Waals surface area contributed by atoms with Crippen molar-refractivity contribution in [1.82, 2.24) is 5.32 Å². The van der Waals surface area contributed by atoms with Crippen LogP contribution in [0.3, 0.4) is 0 Å². The van der Waals surface area contributed by atoms with Crippen molar-refractivity contribution in [3.8, 4) is 0 Å². The Labute approximate surface area is 86.8 Å². The predicted molar refractivity (Wildman–Crippen MR) is 57.3 cm³/mol. The minimum atomic E-state index is -0.161. The third kappa shape index (κ3) is 2.94. The molecule has 3 heteroatoms. The van der Waals surface area contributed by atoms with E-state index >= 15 is 0 Å². The lowest BCUT2D eigenvalue weighted by molar-refractivity contribution is 0.0290. The maximum Gasteiger partial charge on any atom is 0.0679 e. The van der Waals surface area contributed by atoms with Gasteiger partial charge in [-0.1, -0.05) is 6.92 Å². The van der Waals surface area contributed by atoms with Crippen molar-refractivity contribution >= 4 is 0 Å². The van der Waals surface area contributed by atoms with E-state index in [0.717, 1.165) is 19.6 Å². The van der Waals surface area contributed by atoms with Crippen LogP contribution in [0.5, 0.6) is 0 Å². The van der Waals surface area contributed by atoms with Crippen LogP contribution >= 0.6 is 0 Å². The molecule has 1 fully saturated rings. The zero-order chi connectivity index (χ0) is 10.4. The lowest BCUT2D eigenvalue weighted by atomic mass is 9.95. The van der Waals surface area contributed by atoms with Crippen LogP contribution in [-0.4, -0.2) is 37.0 Å². The van der Waals surface area contributed by atoms with Gasteiger partial charge < -0.3 is 15.2 Å². The zero-order valence-electron chi connectivity index (χ0n) is 9.38. The van der Waals surface area contributed by atoms with Crippen LogP contribution in [0.2, 0.25) is 0 Å². The van der Waals surface area contributed by atoms with Crippen LogP contribution in [0.4, 0.5) is 0 Å². The van der Waals surface area contributed by atoms with Gasteiger partial charge in [0.15, 0.2) is 0 Å². The third-order valence-corrected chi connectivity index (χ3v) is 2.93. The van der Waals surface area contributed by atoms with Crippen molar-refractivity contribution < 1.29 is 9.84 Å². The fourth-order valence-electron chi connectivity index (χ4n) is 1.84. The number of aliphatic hydroxyl groups excluding tert-OH is 1. The molecule has 1 aliphatic rings. The van der Waals surface area contributed by atoms with Crippen LogP contribution in [0.25, 0.3) is 0 Å². The Kier molecular flexibility index (Phi) is 4.85. The number of ether oxygens (including phenoxy) is 1. The standard InChI is InChI=1S/C11H23NO2/c1-3-7-12-11(8-13,9-14-4-2)10-5-6-10/h10,12-13H,3-9H2,1-2H3. The second-order valence-electron chi connectivity index (χ2n) is 4.15. The Morgan fingerprint density at radius 1 is 1.43 bits per heavy atom. The third-order valence-electron chi connectivity index (χ3n) is 2.93. The summed E-state index contributed by atoms with van der Waals surface area (Å²) in [6.45, 7) is 6.66. The fraction of sp³-hybridized carbons (Fsp3) is 1.00. The summed E-state index contributed by atoms with van der Waals surface area (Å²) in [5.41, 5.74) is -0.161. The molecule has 0 heterocycles. The molecule has 1 atom stereocenters. The summed E-state index contributed by atoms with van der Waals surface area (Å²) in [7, 11) is 0. The summed E-state index contributed by atoms with van der Waals surface area (Å²) in [5.74, 6) is 0.616. The molecule has 84 valence electrons. The van der Waals surface area contributed by atoms with Crippen molar-refractivity contribution in [1.29, 1.82) is 0 Å². The van der Waals surface area contributed by atoms with Gasteiger partial charge in [0.2, 0.25) is 0 Å². The molecule has 0 aromatic rings. The van der Waals surface area contributed by atoms with Gasteiger partial charge in [-0.05, 0) is 38.6 Å². The number of hydrogen-bond donors (Lipinski definition) is 2. The first-order valence-electron chi connectivity index (χ1n) is 5.72. The second-order valence-corrected chi connectivity index (χ2v) is 4.15. The van der Waals surface area contributed by atoms with E-state index in [4.69, 9.17) is 4.74 Å². The maximum absolute atomic E-state index is 9.50. The molecule has 0 spiro atoms. The summed E-state index contributed by atoms with van der Waals surface area (Å²) >= 11 is 0. The van der Waals surface area contributed by atoms with Crippen molar-refractivity contribution in [3.05, 3.63) is 0 Å². The van der Waals surface area contributed by atoms with Gasteiger partial charge in [-0.15, -0.1) is 0 Å². The van der Waals surface area contributed by atoms with Crippen molar-refractivity contribution in [2.24, 2.45) is 5.92 Å². The number of rotatable bonds is 8. The topological polar surface area (TPSA) is 41.5 Å². The van der Waals surface area contributed by atoms with Crippen molar-refractivity contribution in [2.75, 3.05) is 26.4 Å². The first kappa shape index (κ1) is 12.0. The lowest BCUT2D eigenvalue weighted by Crippen LogP contribution is -2.54. The Hall–Kier alpha value is -0.120. The first-order valence-corrected chi connectivity index (χ1v) is 5.72. The Bertz CT molecular complexity index is 149. The smallest absolute Gasteiger partial charge is 0.0679 e. The monoisotopic (exact) mass is 201 g/mol. The highest BCUT2D eigenvalue weighted by Gasteiger charge is 2.44. The maximum atomic E-state index is 9.50. The normalized spacial score (nSPS) is 20.8. The summed E-state index contributed by atoms with van der Waals surface area (Å²) in [4.78, 5) is 0. The van der Waals surface area contributed by atoms with Crippen LogP contribution in [0.1, 0.15) is 33.1 Å². The number of hydrogen-bond acceptors (Lipinski definition) is 3. The molecule has 1 rings (SSSR count). The average molecular weight is 201 g/mol. The molecule has 0 aliphatic heterocycles. The summed E-state index contributed by atoms with van der Waals surface area (Å²) in [6, 6.07) is 0. The summed E-state index contributed by atoms with van der Waals surface area (Å²) < 4.78 is 5.47. The Morgan fingerprint density at radius 3 is 2.57 bits per heavy atom. The van der Waals surface area contributed by atoms with Crippen LogP contribution in [0, 0.1) is 5.92 Å². The highest BCUT2D eigenvalue weighted by atomic mass is 16.5. The molecule has 2 N–H and O–H groups in total. The van der Waals surface area contributed by atoms with Crippen LogP contribution in [0.15, 0.2) is 0 Å². The molecule has 1 unspecified atom stereocenters. The van der Waals surface area contributed by atoms with E-state index in [0.29, 0.717) is 12.5 Å². The molecule has 0 radical (unpaired) electrons. The highest BCUT2D eigenvalue weighted by Crippen LogP contribution is 2.39. The molecular formula is C11H23NO2. The minimum absolute atomic E-state index is 0.161. The van der Waals surface area contributed by atoms with Crippen LogP contribution < -0.4 is 5.32 Å². The van der Waals surface area contributed by atoms with E-state index in [1.165, 1.54) is 12.8 Å². The molecular weight excluding hydrogens is 178 g/mol. The van der Waals surface area contributed by atoms with E-state index in [9.17, 15) is 5.11 Å². The van der Waals surface area contributed by atoms with E-state index in [-0.39, 0.29) is 12.1 Å². The van der Waals surface area contributed by atoms with Gasteiger partial charge in [0.25, 0.3) is 0 Å². The van der Waals surface area contributed by atoms with Gasteiger partial charge in [-0.25, -0.2) is 0 Å². The number of nitrogens with one attached hydrogen (secondary N) is 1. The van der Waals surface area contributed by atoms with Crippen LogP contribution in [-0.2, 0) is 4.74 Å². The van der Waals surface area contributed by atoms with Gasteiger partial charge in [0.1, 0.15) is 0 Å². The Morgan fingerprint density at radius 2 is 2.14 bits per heavy atom. The molecule has 0 saturated heterocycles. The minimum Gasteiger partial charge on any atom is -0.394 e. The van der Waals surface area contributed by atoms with Crippen molar-refractivity contribution in [2.45, 2.75) is 38.6 Å². The van der Waals surface area contributed by atoms with E-state index in [2.05, 4.69) is 12.2 Å². The molecule has 0 bridgehead atoms. The number of aliphatic hydroxyl groups is 1. The first-order chi connectivity index (χ1) is 6.79. The zero-order valence-corrected chi connectivity index (χ0v) is 9.38. The van der Waals surface area contributed by atoms with Gasteiger partial charge in [-0.3, -0.25) is 0 Å².